The van der Waals surface area contributed by atoms with Crippen LogP contribution in [0.25, 0.3) is 0 Å². The Morgan fingerprint density at radius 2 is 2.12 bits per heavy atom. The fourth-order valence-electron chi connectivity index (χ4n) is 1.07. The molecule has 1 aromatic rings. The zero-order valence-electron chi connectivity index (χ0n) is 8.15. The average Bonchev–Trinajstić information content (AvgIpc) is 2.16. The number of ether oxygens (including phenoxy) is 1. The van der Waals surface area contributed by atoms with E-state index in [1.807, 2.05) is 0 Å². The molecule has 7 heteroatoms. The highest BCUT2D eigenvalue weighted by molar-refractivity contribution is 5.95. The third-order valence-electron chi connectivity index (χ3n) is 1.78. The van der Waals surface area contributed by atoms with Crippen LogP contribution in [0.4, 0.5) is 14.5 Å². The molecule has 0 aliphatic carbocycles. The molecule has 16 heavy (non-hydrogen) atoms. The number of nitrogens with zero attached hydrogens (tertiary/aromatic N) is 1. The van der Waals surface area contributed by atoms with E-state index in [-0.39, 0.29) is 5.56 Å². The molecule has 0 spiro atoms. The summed E-state index contributed by atoms with van der Waals surface area (Å²) < 4.78 is 27.8. The summed E-state index contributed by atoms with van der Waals surface area (Å²) in [6.07, 6.45) is 0. The molecule has 0 heterocycles. The zero-order valence-corrected chi connectivity index (χ0v) is 8.15. The van der Waals surface area contributed by atoms with Gasteiger partial charge in [0.25, 0.3) is 0 Å². The van der Waals surface area contributed by atoms with Gasteiger partial charge < -0.3 is 4.74 Å². The van der Waals surface area contributed by atoms with E-state index < -0.39 is 28.8 Å². The third-order valence-corrected chi connectivity index (χ3v) is 1.78. The predicted molar refractivity (Wildman–Crippen MR) is 49.7 cm³/mol. The van der Waals surface area contributed by atoms with Crippen LogP contribution >= 0.6 is 0 Å². The molecule has 86 valence electrons. The Morgan fingerprint density at radius 3 is 2.56 bits per heavy atom. The number of hydrogen-bond donors (Lipinski definition) is 0. The molecule has 0 aliphatic rings. The van der Waals surface area contributed by atoms with E-state index in [1.54, 1.807) is 0 Å². The molecule has 0 unspecified atom stereocenters. The first-order valence-corrected chi connectivity index (χ1v) is 4.16. The van der Waals surface area contributed by atoms with E-state index in [0.717, 1.165) is 12.1 Å². The fourth-order valence-corrected chi connectivity index (χ4v) is 1.07. The number of halogens is 2. The molecule has 5 nitrogen and oxygen atoms in total. The smallest absolute Gasteiger partial charge is 0.387 e. The quantitative estimate of drug-likeness (QED) is 0.453. The maximum absolute atomic E-state index is 11.9. The van der Waals surface area contributed by atoms with Crippen molar-refractivity contribution in [2.24, 2.45) is 0 Å². The van der Waals surface area contributed by atoms with Crippen LogP contribution in [0.15, 0.2) is 18.2 Å². The highest BCUT2D eigenvalue weighted by atomic mass is 19.3. The van der Waals surface area contributed by atoms with Crippen LogP contribution < -0.4 is 4.74 Å². The predicted octanol–water partition coefficient (Wildman–Crippen LogP) is 2.40. The molecule has 0 saturated carbocycles. The van der Waals surface area contributed by atoms with Gasteiger partial charge in [0.2, 0.25) is 5.75 Å². The largest absolute Gasteiger partial charge is 0.427 e. The van der Waals surface area contributed by atoms with Crippen molar-refractivity contribution in [2.45, 2.75) is 13.5 Å². The van der Waals surface area contributed by atoms with Crippen molar-refractivity contribution in [3.05, 3.63) is 33.9 Å². The number of hydrogen-bond acceptors (Lipinski definition) is 4. The number of benzene rings is 1. The zero-order chi connectivity index (χ0) is 12.3. The van der Waals surface area contributed by atoms with E-state index >= 15 is 0 Å². The van der Waals surface area contributed by atoms with Gasteiger partial charge in [-0.1, -0.05) is 0 Å². The van der Waals surface area contributed by atoms with Crippen molar-refractivity contribution >= 4 is 11.5 Å². The second-order valence-electron chi connectivity index (χ2n) is 2.87. The highest BCUT2D eigenvalue weighted by Gasteiger charge is 2.19. The molecule has 1 rings (SSSR count). The minimum Gasteiger partial charge on any atom is -0.427 e. The summed E-state index contributed by atoms with van der Waals surface area (Å²) in [5, 5.41) is 10.5. The first kappa shape index (κ1) is 12.0. The van der Waals surface area contributed by atoms with Crippen molar-refractivity contribution in [3.8, 4) is 5.75 Å². The van der Waals surface area contributed by atoms with Crippen LogP contribution in [0.5, 0.6) is 5.75 Å². The van der Waals surface area contributed by atoms with Crippen molar-refractivity contribution in [2.75, 3.05) is 0 Å². The lowest BCUT2D eigenvalue weighted by Crippen LogP contribution is -2.05. The highest BCUT2D eigenvalue weighted by Crippen LogP contribution is 2.29. The number of carbonyl (C=O) groups is 1. The Morgan fingerprint density at radius 1 is 1.50 bits per heavy atom. The molecule has 0 saturated heterocycles. The summed E-state index contributed by atoms with van der Waals surface area (Å²) in [7, 11) is 0. The summed E-state index contributed by atoms with van der Waals surface area (Å²) in [4.78, 5) is 20.6. The fraction of sp³-hybridized carbons (Fsp3) is 0.222. The van der Waals surface area contributed by atoms with Crippen LogP contribution in [-0.4, -0.2) is 17.3 Å². The van der Waals surface area contributed by atoms with E-state index in [4.69, 9.17) is 0 Å². The maximum Gasteiger partial charge on any atom is 0.387 e. The monoisotopic (exact) mass is 231 g/mol. The summed E-state index contributed by atoms with van der Waals surface area (Å²) >= 11 is 0. The van der Waals surface area contributed by atoms with Crippen LogP contribution in [-0.2, 0) is 0 Å². The SMILES string of the molecule is CC(=O)c1ccc(OC(F)F)c([N+](=O)[O-])c1. The van der Waals surface area contributed by atoms with E-state index in [0.29, 0.717) is 0 Å². The normalized spacial score (nSPS) is 10.2. The van der Waals surface area contributed by atoms with Crippen molar-refractivity contribution in [1.29, 1.82) is 0 Å². The van der Waals surface area contributed by atoms with Gasteiger partial charge in [-0.05, 0) is 19.1 Å². The topological polar surface area (TPSA) is 69.4 Å². The van der Waals surface area contributed by atoms with Crippen LogP contribution in [0.1, 0.15) is 17.3 Å². The number of Topliss-reactive ketones (excluding diaryl/α,β-unsaturated/α-hetero) is 1. The lowest BCUT2D eigenvalue weighted by atomic mass is 10.1. The van der Waals surface area contributed by atoms with Gasteiger partial charge in [0.05, 0.1) is 4.92 Å². The van der Waals surface area contributed by atoms with Gasteiger partial charge in [-0.25, -0.2) is 0 Å². The van der Waals surface area contributed by atoms with Gasteiger partial charge in [0.1, 0.15) is 0 Å². The number of ketones is 1. The first-order valence-electron chi connectivity index (χ1n) is 4.16. The molecule has 0 amide bonds. The molecule has 0 aliphatic heterocycles. The molecule has 0 fully saturated rings. The Kier molecular flexibility index (Phi) is 3.49. The Hall–Kier alpha value is -2.05. The van der Waals surface area contributed by atoms with Gasteiger partial charge in [-0.3, -0.25) is 14.9 Å². The standard InChI is InChI=1S/C9H7F2NO4/c1-5(13)6-2-3-8(16-9(10)11)7(4-6)12(14)15/h2-4,9H,1H3. The maximum atomic E-state index is 11.9. The van der Waals surface area contributed by atoms with Gasteiger partial charge in [0.15, 0.2) is 5.78 Å². The molecule has 0 radical (unpaired) electrons. The average molecular weight is 231 g/mol. The summed E-state index contributed by atoms with van der Waals surface area (Å²) in [5.41, 5.74) is -0.596. The minimum absolute atomic E-state index is 0.0633. The number of rotatable bonds is 4. The van der Waals surface area contributed by atoms with E-state index in [1.165, 1.54) is 13.0 Å². The van der Waals surface area contributed by atoms with E-state index in [2.05, 4.69) is 4.74 Å². The van der Waals surface area contributed by atoms with Crippen LogP contribution in [0.2, 0.25) is 0 Å². The Bertz CT molecular complexity index is 434. The van der Waals surface area contributed by atoms with E-state index in [9.17, 15) is 23.7 Å². The van der Waals surface area contributed by atoms with Gasteiger partial charge >= 0.3 is 12.3 Å². The molecule has 1 aromatic carbocycles. The summed E-state index contributed by atoms with van der Waals surface area (Å²) in [6, 6.07) is 3.06. The number of alkyl halides is 2. The second-order valence-corrected chi connectivity index (χ2v) is 2.87. The molecular formula is C9H7F2NO4. The Balaban J connectivity index is 3.19. The van der Waals surface area contributed by atoms with Crippen LogP contribution in [0, 0.1) is 10.1 Å². The van der Waals surface area contributed by atoms with Gasteiger partial charge in [0, 0.05) is 11.6 Å². The minimum atomic E-state index is -3.15. The summed E-state index contributed by atoms with van der Waals surface area (Å²) in [6.45, 7) is -1.94. The van der Waals surface area contributed by atoms with Crippen molar-refractivity contribution in [3.63, 3.8) is 0 Å². The number of carbonyl (C=O) groups excluding carboxylic acids is 1. The summed E-state index contributed by atoms with van der Waals surface area (Å²) in [5.74, 6) is -0.961. The van der Waals surface area contributed by atoms with Crippen molar-refractivity contribution < 1.29 is 23.2 Å². The molecule has 0 aromatic heterocycles. The second kappa shape index (κ2) is 4.65. The molecule has 0 atom stereocenters. The molecule has 0 N–H and O–H groups in total. The molecular weight excluding hydrogens is 224 g/mol. The van der Waals surface area contributed by atoms with Crippen LogP contribution in [0.3, 0.4) is 0 Å². The van der Waals surface area contributed by atoms with Gasteiger partial charge in [-0.2, -0.15) is 8.78 Å². The number of nitro groups is 1. The lowest BCUT2D eigenvalue weighted by Gasteiger charge is -2.05. The Labute approximate surface area is 88.8 Å². The number of nitro benzene ring substituents is 1. The van der Waals surface area contributed by atoms with Gasteiger partial charge in [-0.15, -0.1) is 0 Å². The first-order chi connectivity index (χ1) is 7.41. The third kappa shape index (κ3) is 2.72. The van der Waals surface area contributed by atoms with Crippen molar-refractivity contribution in [1.82, 2.24) is 0 Å². The lowest BCUT2D eigenvalue weighted by molar-refractivity contribution is -0.386. The molecule has 0 bridgehead atoms.